The van der Waals surface area contributed by atoms with Crippen LogP contribution in [0.5, 0.6) is 0 Å². The third kappa shape index (κ3) is 15.5. The van der Waals surface area contributed by atoms with Crippen LogP contribution < -0.4 is 0 Å². The van der Waals surface area contributed by atoms with Crippen molar-refractivity contribution < 1.29 is 0 Å². The fraction of sp³-hybridized carbons (Fsp3) is 0.333. The second kappa shape index (κ2) is 26.6. The highest BCUT2D eigenvalue weighted by Crippen LogP contribution is 2.54. The monoisotopic (exact) mass is 1190 g/mol. The number of rotatable bonds is 22. The van der Waals surface area contributed by atoms with Crippen molar-refractivity contribution in [1.82, 2.24) is 0 Å². The second-order valence-electron chi connectivity index (χ2n) is 31.1. The Kier molecular flexibility index (Phi) is 20.6. The standard InChI is InChI=1S/C67H80.C23H28/c1-20-48-21-33-59(34-22-48)67(18,19)61(53-31-43-58(44-32-53)66(16,17)47(4)51-27-39-56(40-28-51)64(11,12)13)60(45(2)49-23-35-54(36-24-49)62(5,6)7)52-29-41-57(42-30-52)65(14,15)46(3)50-25-37-55(38-26-50)63(8,9)10;1-8-18-9-13-21(14-10-18)23(6,7)17(2)19-11-15-20(16-12-19)22(3,4)5/h20-47,60-61H,1-5,8,11H2,6-7,9-10,12-19H3;8-17H,1-3H2,4-7H3/q+6;+2. The van der Waals surface area contributed by atoms with Crippen LogP contribution in [-0.2, 0) is 43.3 Å². The first-order valence-corrected chi connectivity index (χ1v) is 32.6. The molecule has 8 rings (SSSR count). The molecule has 6 unspecified atom stereocenters. The van der Waals surface area contributed by atoms with Gasteiger partial charge in [-0.15, -0.1) is 0 Å². The smallest absolute Gasteiger partial charge is 0.0985 e. The maximum Gasteiger partial charge on any atom is 0.129 e. The van der Waals surface area contributed by atoms with E-state index >= 15 is 0 Å². The minimum absolute atomic E-state index is 0.00535. The molecule has 0 heterocycles. The molecule has 0 spiro atoms. The molecule has 0 radical (unpaired) electrons. The van der Waals surface area contributed by atoms with Crippen LogP contribution in [0.4, 0.5) is 0 Å². The Balaban J connectivity index is 0.000000419. The quantitative estimate of drug-likeness (QED) is 0.0593. The van der Waals surface area contributed by atoms with Gasteiger partial charge in [-0.25, -0.2) is 0 Å². The highest BCUT2D eigenvalue weighted by atomic mass is 14.5. The van der Waals surface area contributed by atoms with E-state index in [2.05, 4.69) is 353 Å². The summed E-state index contributed by atoms with van der Waals surface area (Å²) >= 11 is 0. The lowest BCUT2D eigenvalue weighted by molar-refractivity contribution is 0.336. The molecule has 0 aliphatic carbocycles. The molecular formula is C90H108+8. The largest absolute Gasteiger partial charge is 0.129 e. The Labute approximate surface area is 550 Å². The molecule has 8 aromatic carbocycles. The molecule has 0 nitrogen and oxygen atoms in total. The first kappa shape index (κ1) is 69.7. The van der Waals surface area contributed by atoms with Crippen molar-refractivity contribution >= 4 is 12.2 Å². The van der Waals surface area contributed by atoms with Crippen LogP contribution in [0.1, 0.15) is 235 Å². The minimum atomic E-state index is -0.323. The summed E-state index contributed by atoms with van der Waals surface area (Å²) in [5.74, 6) is 0.197. The van der Waals surface area contributed by atoms with Gasteiger partial charge in [0.2, 0.25) is 0 Å². The summed E-state index contributed by atoms with van der Waals surface area (Å²) in [4.78, 5) is 0. The molecule has 0 aliphatic heterocycles. The van der Waals surface area contributed by atoms with Crippen molar-refractivity contribution in [3.63, 3.8) is 0 Å². The molecule has 0 N–H and O–H groups in total. The zero-order valence-electron chi connectivity index (χ0n) is 58.2. The summed E-state index contributed by atoms with van der Waals surface area (Å²) in [6.07, 6.45) is 3.79. The Hall–Kier alpha value is -7.80. The van der Waals surface area contributed by atoms with Crippen LogP contribution in [0.2, 0.25) is 0 Å². The van der Waals surface area contributed by atoms with E-state index in [9.17, 15) is 0 Å². The van der Waals surface area contributed by atoms with Crippen molar-refractivity contribution in [2.75, 3.05) is 0 Å². The molecule has 0 aromatic heterocycles. The van der Waals surface area contributed by atoms with E-state index in [1.165, 1.54) is 77.9 Å². The average molecular weight is 1190 g/mol. The zero-order valence-corrected chi connectivity index (χ0v) is 58.2. The van der Waals surface area contributed by atoms with Crippen LogP contribution in [0.15, 0.2) is 207 Å². The van der Waals surface area contributed by atoms with E-state index in [1.807, 2.05) is 12.2 Å². The Morgan fingerprint density at radius 3 is 0.700 bits per heavy atom. The van der Waals surface area contributed by atoms with Crippen molar-refractivity contribution in [1.29, 1.82) is 0 Å². The summed E-state index contributed by atoms with van der Waals surface area (Å²) in [5.41, 5.74) is 18.3. The molecule has 460 valence electrons. The van der Waals surface area contributed by atoms with Crippen LogP contribution >= 0.6 is 0 Å². The molecule has 0 aliphatic rings. The van der Waals surface area contributed by atoms with Gasteiger partial charge < -0.3 is 0 Å². The topological polar surface area (TPSA) is 0 Å². The van der Waals surface area contributed by atoms with Gasteiger partial charge in [-0.05, 0) is 128 Å². The molecule has 0 amide bonds. The SMILES string of the molecule is C=Cc1ccc(C(C)(C)C([CH2+])c2ccc(C([CH2+])(C)C)cc2)cc1.C=Cc1ccc(C(C)(C)C(c2ccc(C(C)(C)C([CH2+])c3ccc(C([CH2+])(C)C)cc3)cc2)C(c2ccc(C(C)(C)C([CH2+])c3ccc(C([CH2+])(C)C)cc3)cc2)C([CH2+])c2ccc(C([CH2+])(C)C)cc2)cc1. The summed E-state index contributed by atoms with van der Waals surface area (Å²) in [6, 6.07) is 72.1. The predicted molar refractivity (Wildman–Crippen MR) is 395 cm³/mol. The molecule has 0 saturated carbocycles. The summed E-state index contributed by atoms with van der Waals surface area (Å²) in [6.45, 7) is 80.2. The lowest BCUT2D eigenvalue weighted by Gasteiger charge is -2.42. The van der Waals surface area contributed by atoms with Gasteiger partial charge in [0.1, 0.15) is 45.3 Å². The van der Waals surface area contributed by atoms with Gasteiger partial charge in [0.05, 0.1) is 55.4 Å². The summed E-state index contributed by atoms with van der Waals surface area (Å²) in [7, 11) is 0. The number of benzene rings is 8. The molecule has 0 bridgehead atoms. The molecule has 90 heavy (non-hydrogen) atoms. The number of hydrogen-bond acceptors (Lipinski definition) is 0. The Morgan fingerprint density at radius 1 is 0.256 bits per heavy atom. The predicted octanol–water partition coefficient (Wildman–Crippen LogP) is 24.3. The zero-order chi connectivity index (χ0) is 66.7. The third-order valence-corrected chi connectivity index (χ3v) is 20.4. The van der Waals surface area contributed by atoms with Gasteiger partial charge in [-0.2, -0.15) is 0 Å². The van der Waals surface area contributed by atoms with Gasteiger partial charge in [-0.3, -0.25) is 0 Å². The number of hydrogen-bond donors (Lipinski definition) is 0. The van der Waals surface area contributed by atoms with E-state index in [4.69, 9.17) is 20.8 Å². The van der Waals surface area contributed by atoms with Crippen LogP contribution in [0, 0.1) is 55.4 Å². The van der Waals surface area contributed by atoms with Crippen molar-refractivity contribution in [3.8, 4) is 0 Å². The van der Waals surface area contributed by atoms with Crippen LogP contribution in [0.3, 0.4) is 0 Å². The molecule has 0 saturated heterocycles. The highest BCUT2D eigenvalue weighted by Gasteiger charge is 2.46. The average Bonchev–Trinajstić information content (AvgIpc) is 0.910. The lowest BCUT2D eigenvalue weighted by Crippen LogP contribution is -2.34. The first-order chi connectivity index (χ1) is 41.7. The van der Waals surface area contributed by atoms with E-state index in [1.54, 1.807) is 0 Å². The van der Waals surface area contributed by atoms with Gasteiger partial charge in [0.15, 0.2) is 0 Å². The second-order valence-corrected chi connectivity index (χ2v) is 31.1. The molecule has 6 atom stereocenters. The normalized spacial score (nSPS) is 14.8. The maximum absolute atomic E-state index is 5.10. The van der Waals surface area contributed by atoms with Gasteiger partial charge in [0, 0.05) is 50.3 Å². The highest BCUT2D eigenvalue weighted by molar-refractivity contribution is 5.52. The van der Waals surface area contributed by atoms with E-state index in [0.29, 0.717) is 0 Å². The van der Waals surface area contributed by atoms with E-state index in [0.717, 1.165) is 11.1 Å². The van der Waals surface area contributed by atoms with Crippen LogP contribution in [-0.4, -0.2) is 0 Å². The van der Waals surface area contributed by atoms with E-state index < -0.39 is 0 Å². The lowest BCUT2D eigenvalue weighted by atomic mass is 9.59. The Bertz CT molecular complexity index is 3580. The van der Waals surface area contributed by atoms with E-state index in [-0.39, 0.29) is 78.8 Å². The molecule has 0 heteroatoms. The third-order valence-electron chi connectivity index (χ3n) is 20.4. The van der Waals surface area contributed by atoms with Crippen LogP contribution in [0.25, 0.3) is 12.2 Å². The minimum Gasteiger partial charge on any atom is -0.0985 e. The van der Waals surface area contributed by atoms with Crippen molar-refractivity contribution in [2.45, 2.75) is 190 Å². The maximum atomic E-state index is 5.10. The molecular weight excluding hydrogens is 1080 g/mol. The van der Waals surface area contributed by atoms with Gasteiger partial charge in [-0.1, -0.05) is 275 Å². The molecule has 0 fully saturated rings. The fourth-order valence-electron chi connectivity index (χ4n) is 13.0. The van der Waals surface area contributed by atoms with Crippen molar-refractivity contribution in [3.05, 3.63) is 352 Å². The fourth-order valence-corrected chi connectivity index (χ4v) is 13.0. The van der Waals surface area contributed by atoms with Gasteiger partial charge in [0.25, 0.3) is 0 Å². The van der Waals surface area contributed by atoms with Gasteiger partial charge >= 0.3 is 0 Å². The Morgan fingerprint density at radius 2 is 0.456 bits per heavy atom. The molecule has 8 aromatic rings. The summed E-state index contributed by atoms with van der Waals surface area (Å²) < 4.78 is 0. The van der Waals surface area contributed by atoms with Crippen molar-refractivity contribution in [2.24, 2.45) is 0 Å². The summed E-state index contributed by atoms with van der Waals surface area (Å²) in [5, 5.41) is 0. The first-order valence-electron chi connectivity index (χ1n) is 32.6.